The zero-order valence-electron chi connectivity index (χ0n) is 14.9. The summed E-state index contributed by atoms with van der Waals surface area (Å²) in [4.78, 5) is 14.5. The van der Waals surface area contributed by atoms with E-state index >= 15 is 0 Å². The van der Waals surface area contributed by atoms with Gasteiger partial charge in [-0.25, -0.2) is 0 Å². The minimum atomic E-state index is -0.0314. The number of amides is 1. The maximum atomic E-state index is 12.7. The Morgan fingerprint density at radius 2 is 2.08 bits per heavy atom. The van der Waals surface area contributed by atoms with Crippen LogP contribution >= 0.6 is 11.6 Å². The van der Waals surface area contributed by atoms with Crippen molar-refractivity contribution >= 4 is 17.5 Å². The molecule has 1 aliphatic heterocycles. The van der Waals surface area contributed by atoms with Crippen LogP contribution in [0.4, 0.5) is 0 Å². The molecule has 26 heavy (non-hydrogen) atoms. The molecule has 0 saturated carbocycles. The van der Waals surface area contributed by atoms with Crippen molar-refractivity contribution in [3.8, 4) is 11.5 Å². The van der Waals surface area contributed by atoms with Gasteiger partial charge in [0, 0.05) is 29.2 Å². The maximum absolute atomic E-state index is 12.7. The number of rotatable bonds is 5. The number of halogens is 1. The zero-order chi connectivity index (χ0) is 18.5. The normalized spacial score (nSPS) is 17.0. The van der Waals surface area contributed by atoms with Crippen LogP contribution in [0.3, 0.4) is 0 Å². The van der Waals surface area contributed by atoms with Crippen molar-refractivity contribution in [1.29, 1.82) is 0 Å². The van der Waals surface area contributed by atoms with E-state index in [4.69, 9.17) is 25.8 Å². The van der Waals surface area contributed by atoms with Gasteiger partial charge < -0.3 is 19.1 Å². The molecule has 1 aliphatic rings. The molecule has 0 N–H and O–H groups in total. The number of nitrogens with zero attached hydrogens (tertiary/aromatic N) is 1. The lowest BCUT2D eigenvalue weighted by atomic mass is 10.1. The average molecular weight is 376 g/mol. The van der Waals surface area contributed by atoms with E-state index in [1.165, 1.54) is 0 Å². The molecule has 5 nitrogen and oxygen atoms in total. The third-order valence-electron chi connectivity index (χ3n) is 4.28. The number of morpholine rings is 1. The minimum absolute atomic E-state index is 0.0314. The van der Waals surface area contributed by atoms with Gasteiger partial charge in [0.2, 0.25) is 0 Å². The van der Waals surface area contributed by atoms with Crippen LogP contribution in [0.2, 0.25) is 5.02 Å². The van der Waals surface area contributed by atoms with Gasteiger partial charge in [-0.2, -0.15) is 0 Å². The summed E-state index contributed by atoms with van der Waals surface area (Å²) < 4.78 is 16.7. The lowest BCUT2D eigenvalue weighted by Gasteiger charge is -2.31. The summed E-state index contributed by atoms with van der Waals surface area (Å²) >= 11 is 6.16. The van der Waals surface area contributed by atoms with Crippen LogP contribution in [0.1, 0.15) is 22.8 Å². The van der Waals surface area contributed by atoms with E-state index in [1.807, 2.05) is 31.2 Å². The Labute approximate surface area is 158 Å². The summed E-state index contributed by atoms with van der Waals surface area (Å²) in [6.07, 6.45) is 0.0489. The first-order chi connectivity index (χ1) is 12.6. The molecule has 3 rings (SSSR count). The van der Waals surface area contributed by atoms with Gasteiger partial charge in [-0.3, -0.25) is 4.79 Å². The minimum Gasteiger partial charge on any atom is -0.493 e. The number of carbonyl (C=O) groups excluding carboxylic acids is 1. The van der Waals surface area contributed by atoms with Gasteiger partial charge in [0.15, 0.2) is 11.5 Å². The average Bonchev–Trinajstić information content (AvgIpc) is 2.66. The highest BCUT2D eigenvalue weighted by Gasteiger charge is 2.23. The van der Waals surface area contributed by atoms with Crippen LogP contribution in [0.15, 0.2) is 42.5 Å². The third-order valence-corrected chi connectivity index (χ3v) is 4.65. The van der Waals surface area contributed by atoms with Crippen molar-refractivity contribution in [2.24, 2.45) is 0 Å². The molecule has 0 aromatic heterocycles. The van der Waals surface area contributed by atoms with Gasteiger partial charge in [-0.05, 0) is 31.2 Å². The summed E-state index contributed by atoms with van der Waals surface area (Å²) in [5.41, 5.74) is 1.46. The Bertz CT molecular complexity index is 780. The molecular formula is C20H22ClNO4. The summed E-state index contributed by atoms with van der Waals surface area (Å²) in [6, 6.07) is 12.7. The molecule has 1 unspecified atom stereocenters. The smallest absolute Gasteiger partial charge is 0.254 e. The molecule has 0 aliphatic carbocycles. The first kappa shape index (κ1) is 18.5. The Kier molecular flexibility index (Phi) is 6.01. The summed E-state index contributed by atoms with van der Waals surface area (Å²) in [7, 11) is 1.56. The van der Waals surface area contributed by atoms with Gasteiger partial charge in [-0.1, -0.05) is 29.8 Å². The second-order valence-corrected chi connectivity index (χ2v) is 6.59. The van der Waals surface area contributed by atoms with Crippen molar-refractivity contribution < 1.29 is 19.0 Å². The standard InChI is InChI=1S/C20H22ClNO4/c1-14-12-22(9-10-25-14)20(23)15-7-8-18(19(11-15)24-2)26-13-16-5-3-4-6-17(16)21/h3-8,11,14H,9-10,12-13H2,1-2H3. The van der Waals surface area contributed by atoms with Gasteiger partial charge in [0.1, 0.15) is 6.61 Å². The molecule has 1 amide bonds. The molecule has 2 aromatic carbocycles. The Hall–Kier alpha value is -2.24. The monoisotopic (exact) mass is 375 g/mol. The van der Waals surface area contributed by atoms with E-state index in [-0.39, 0.29) is 12.0 Å². The Morgan fingerprint density at radius 1 is 1.27 bits per heavy atom. The molecule has 1 atom stereocenters. The SMILES string of the molecule is COc1cc(C(=O)N2CCOC(C)C2)ccc1OCc1ccccc1Cl. The largest absolute Gasteiger partial charge is 0.493 e. The maximum Gasteiger partial charge on any atom is 0.254 e. The second-order valence-electron chi connectivity index (χ2n) is 6.18. The number of carbonyl (C=O) groups is 1. The van der Waals surface area contributed by atoms with E-state index in [0.29, 0.717) is 48.4 Å². The number of benzene rings is 2. The Morgan fingerprint density at radius 3 is 2.81 bits per heavy atom. The topological polar surface area (TPSA) is 48.0 Å². The van der Waals surface area contributed by atoms with E-state index in [9.17, 15) is 4.79 Å². The first-order valence-electron chi connectivity index (χ1n) is 8.53. The third kappa shape index (κ3) is 4.29. The zero-order valence-corrected chi connectivity index (χ0v) is 15.7. The summed E-state index contributed by atoms with van der Waals surface area (Å²) in [5, 5.41) is 0.653. The number of methoxy groups -OCH3 is 1. The summed E-state index contributed by atoms with van der Waals surface area (Å²) in [5.74, 6) is 1.06. The van der Waals surface area contributed by atoms with Crippen molar-refractivity contribution in [1.82, 2.24) is 4.90 Å². The van der Waals surface area contributed by atoms with Crippen LogP contribution in [0.5, 0.6) is 11.5 Å². The van der Waals surface area contributed by atoms with E-state index in [2.05, 4.69) is 0 Å². The second kappa shape index (κ2) is 8.43. The highest BCUT2D eigenvalue weighted by Crippen LogP contribution is 2.30. The Balaban J connectivity index is 1.73. The molecule has 0 bridgehead atoms. The number of ether oxygens (including phenoxy) is 3. The van der Waals surface area contributed by atoms with Gasteiger partial charge in [0.25, 0.3) is 5.91 Å². The van der Waals surface area contributed by atoms with Crippen LogP contribution in [0, 0.1) is 0 Å². The molecule has 1 fully saturated rings. The van der Waals surface area contributed by atoms with Gasteiger partial charge >= 0.3 is 0 Å². The quantitative estimate of drug-likeness (QED) is 0.797. The molecule has 1 saturated heterocycles. The lowest BCUT2D eigenvalue weighted by Crippen LogP contribution is -2.44. The fraction of sp³-hybridized carbons (Fsp3) is 0.350. The molecule has 0 spiro atoms. The van der Waals surface area contributed by atoms with E-state index < -0.39 is 0 Å². The van der Waals surface area contributed by atoms with Crippen molar-refractivity contribution in [2.45, 2.75) is 19.6 Å². The van der Waals surface area contributed by atoms with Gasteiger partial charge in [0.05, 0.1) is 19.8 Å². The first-order valence-corrected chi connectivity index (χ1v) is 8.91. The summed E-state index contributed by atoms with van der Waals surface area (Å²) in [6.45, 7) is 4.03. The molecule has 138 valence electrons. The molecule has 1 heterocycles. The molecular weight excluding hydrogens is 354 g/mol. The fourth-order valence-corrected chi connectivity index (χ4v) is 3.07. The lowest BCUT2D eigenvalue weighted by molar-refractivity contribution is -0.0124. The van der Waals surface area contributed by atoms with Crippen LogP contribution < -0.4 is 9.47 Å². The predicted molar refractivity (Wildman–Crippen MR) is 100 cm³/mol. The van der Waals surface area contributed by atoms with Crippen LogP contribution in [0.25, 0.3) is 0 Å². The van der Waals surface area contributed by atoms with Crippen molar-refractivity contribution in [3.05, 3.63) is 58.6 Å². The van der Waals surface area contributed by atoms with Crippen LogP contribution in [-0.4, -0.2) is 43.7 Å². The molecule has 2 aromatic rings. The molecule has 0 radical (unpaired) electrons. The van der Waals surface area contributed by atoms with E-state index in [1.54, 1.807) is 30.2 Å². The predicted octanol–water partition coefficient (Wildman–Crippen LogP) is 3.79. The van der Waals surface area contributed by atoms with Crippen molar-refractivity contribution in [2.75, 3.05) is 26.8 Å². The molecule has 6 heteroatoms. The number of hydrogen-bond acceptors (Lipinski definition) is 4. The van der Waals surface area contributed by atoms with Gasteiger partial charge in [-0.15, -0.1) is 0 Å². The van der Waals surface area contributed by atoms with Crippen LogP contribution in [-0.2, 0) is 11.3 Å². The van der Waals surface area contributed by atoms with Crippen molar-refractivity contribution in [3.63, 3.8) is 0 Å². The highest BCUT2D eigenvalue weighted by atomic mass is 35.5. The fourth-order valence-electron chi connectivity index (χ4n) is 2.88. The van der Waals surface area contributed by atoms with E-state index in [0.717, 1.165) is 5.56 Å². The highest BCUT2D eigenvalue weighted by molar-refractivity contribution is 6.31. The number of hydrogen-bond donors (Lipinski definition) is 0.